The number of fused-ring (bicyclic) bond motifs is 1. The summed E-state index contributed by atoms with van der Waals surface area (Å²) in [5.41, 5.74) is -0.451. The number of carbonyl (C=O) groups is 2. The Bertz CT molecular complexity index is 1480. The molecule has 0 saturated carbocycles. The zero-order valence-corrected chi connectivity index (χ0v) is 23.0. The number of halogens is 1. The van der Waals surface area contributed by atoms with Crippen LogP contribution in [0.1, 0.15) is 34.1 Å². The second kappa shape index (κ2) is 10.00. The summed E-state index contributed by atoms with van der Waals surface area (Å²) in [6, 6.07) is 7.59. The summed E-state index contributed by atoms with van der Waals surface area (Å²) in [6.07, 6.45) is 0.831. The standard InChI is InChI=1S/C28H32FN5O6/c1-16-13-33(25(36)39-27(2,3)4)10-9-28(16)14-34(26(37)40-28)20-11-17-19(12-22(20)38-5)30-15-31-24(17)32-18-7-6-8-21(35)23(18)29/h6-8,11-12,15-16,35H,9-10,13-14H2,1-5H3,(H,30,31,32). The number of aromatic nitrogens is 2. The van der Waals surface area contributed by atoms with Crippen molar-refractivity contribution in [3.05, 3.63) is 42.5 Å². The molecule has 12 heteroatoms. The number of phenols is 1. The first-order chi connectivity index (χ1) is 18.9. The van der Waals surface area contributed by atoms with Crippen molar-refractivity contribution in [2.75, 3.05) is 37.0 Å². The Morgan fingerprint density at radius 3 is 2.75 bits per heavy atom. The fourth-order valence-corrected chi connectivity index (χ4v) is 5.11. The Balaban J connectivity index is 1.44. The van der Waals surface area contributed by atoms with Gasteiger partial charge in [-0.05, 0) is 39.0 Å². The van der Waals surface area contributed by atoms with Crippen LogP contribution in [0.25, 0.3) is 10.9 Å². The third-order valence-corrected chi connectivity index (χ3v) is 7.24. The van der Waals surface area contributed by atoms with Crippen LogP contribution in [-0.4, -0.2) is 70.1 Å². The van der Waals surface area contributed by atoms with Gasteiger partial charge in [0.1, 0.15) is 29.1 Å². The summed E-state index contributed by atoms with van der Waals surface area (Å²) in [7, 11) is 1.49. The number of carbonyl (C=O) groups excluding carboxylic acids is 2. The number of anilines is 3. The SMILES string of the molecule is COc1cc2ncnc(Nc3cccc(O)c3F)c2cc1N1CC2(CCN(C(=O)OC(C)(C)C)CC2C)OC1=O. The predicted octanol–water partition coefficient (Wildman–Crippen LogP) is 5.20. The first kappa shape index (κ1) is 27.2. The second-order valence-electron chi connectivity index (χ2n) is 11.1. The van der Waals surface area contributed by atoms with Gasteiger partial charge in [0.05, 0.1) is 30.5 Å². The molecular formula is C28H32FN5O6. The molecule has 0 bridgehead atoms. The minimum Gasteiger partial charge on any atom is -0.505 e. The lowest BCUT2D eigenvalue weighted by molar-refractivity contribution is -0.0479. The Morgan fingerprint density at radius 2 is 2.05 bits per heavy atom. The topological polar surface area (TPSA) is 126 Å². The molecule has 2 aliphatic heterocycles. The molecule has 2 aliphatic rings. The lowest BCUT2D eigenvalue weighted by atomic mass is 9.82. The smallest absolute Gasteiger partial charge is 0.415 e. The molecule has 0 aliphatic carbocycles. The van der Waals surface area contributed by atoms with Gasteiger partial charge in [0.15, 0.2) is 11.6 Å². The highest BCUT2D eigenvalue weighted by Gasteiger charge is 2.53. The van der Waals surface area contributed by atoms with Crippen LogP contribution in [0.15, 0.2) is 36.7 Å². The summed E-state index contributed by atoms with van der Waals surface area (Å²) in [6.45, 7) is 8.41. The number of ether oxygens (including phenoxy) is 3. The number of hydrogen-bond donors (Lipinski definition) is 2. The monoisotopic (exact) mass is 553 g/mol. The number of piperidine rings is 1. The Hall–Kier alpha value is -4.35. The zero-order chi connectivity index (χ0) is 28.8. The summed E-state index contributed by atoms with van der Waals surface area (Å²) in [5.74, 6) is -0.806. The second-order valence-corrected chi connectivity index (χ2v) is 11.1. The highest BCUT2D eigenvalue weighted by molar-refractivity contribution is 6.00. The van der Waals surface area contributed by atoms with Crippen molar-refractivity contribution < 1.29 is 33.3 Å². The molecule has 2 N–H and O–H groups in total. The van der Waals surface area contributed by atoms with Crippen LogP contribution < -0.4 is 15.0 Å². The lowest BCUT2D eigenvalue weighted by Crippen LogP contribution is -2.55. The molecule has 212 valence electrons. The maximum Gasteiger partial charge on any atom is 0.415 e. The number of rotatable bonds is 4. The van der Waals surface area contributed by atoms with Gasteiger partial charge in [-0.15, -0.1) is 0 Å². The molecule has 0 radical (unpaired) electrons. The van der Waals surface area contributed by atoms with Crippen LogP contribution in [-0.2, 0) is 9.47 Å². The van der Waals surface area contributed by atoms with E-state index in [1.54, 1.807) is 17.0 Å². The molecule has 2 atom stereocenters. The number of aromatic hydroxyl groups is 1. The molecule has 2 unspecified atom stereocenters. The molecular weight excluding hydrogens is 521 g/mol. The molecule has 2 saturated heterocycles. The van der Waals surface area contributed by atoms with Gasteiger partial charge in [-0.25, -0.2) is 23.9 Å². The number of phenolic OH excluding ortho intramolecular Hbond substituents is 1. The molecule has 2 fully saturated rings. The van der Waals surface area contributed by atoms with E-state index in [1.165, 1.54) is 36.5 Å². The normalized spacial score (nSPS) is 21.1. The van der Waals surface area contributed by atoms with E-state index in [4.69, 9.17) is 14.2 Å². The average Bonchev–Trinajstić information content (AvgIpc) is 3.23. The van der Waals surface area contributed by atoms with E-state index >= 15 is 0 Å². The van der Waals surface area contributed by atoms with E-state index in [2.05, 4.69) is 15.3 Å². The van der Waals surface area contributed by atoms with E-state index in [9.17, 15) is 19.1 Å². The molecule has 1 spiro atoms. The molecule has 5 rings (SSSR count). The number of nitrogens with zero attached hydrogens (tertiary/aromatic N) is 4. The number of hydrogen-bond acceptors (Lipinski definition) is 9. The largest absolute Gasteiger partial charge is 0.505 e. The van der Waals surface area contributed by atoms with Crippen LogP contribution in [0.3, 0.4) is 0 Å². The van der Waals surface area contributed by atoms with Gasteiger partial charge in [0.25, 0.3) is 0 Å². The van der Waals surface area contributed by atoms with Crippen LogP contribution in [0.2, 0.25) is 0 Å². The molecule has 1 aromatic heterocycles. The number of likely N-dealkylation sites (tertiary alicyclic amines) is 1. The third kappa shape index (κ3) is 5.01. The van der Waals surface area contributed by atoms with Gasteiger partial charge >= 0.3 is 12.2 Å². The van der Waals surface area contributed by atoms with Crippen molar-refractivity contribution in [3.63, 3.8) is 0 Å². The fourth-order valence-electron chi connectivity index (χ4n) is 5.11. The molecule has 2 amide bonds. The number of benzene rings is 2. The van der Waals surface area contributed by atoms with E-state index in [1.807, 2.05) is 27.7 Å². The fraction of sp³-hybridized carbons (Fsp3) is 0.429. The van der Waals surface area contributed by atoms with Crippen molar-refractivity contribution in [2.24, 2.45) is 5.92 Å². The van der Waals surface area contributed by atoms with Crippen molar-refractivity contribution in [1.82, 2.24) is 14.9 Å². The molecule has 3 aromatic rings. The Labute approximate surface area is 230 Å². The van der Waals surface area contributed by atoms with Crippen molar-refractivity contribution in [3.8, 4) is 11.5 Å². The first-order valence-electron chi connectivity index (χ1n) is 13.0. The quantitative estimate of drug-likeness (QED) is 0.448. The van der Waals surface area contributed by atoms with E-state index < -0.39 is 35.0 Å². The lowest BCUT2D eigenvalue weighted by Gasteiger charge is -2.42. The van der Waals surface area contributed by atoms with Crippen LogP contribution >= 0.6 is 0 Å². The Kier molecular flexibility index (Phi) is 6.80. The van der Waals surface area contributed by atoms with E-state index in [0.717, 1.165) is 0 Å². The van der Waals surface area contributed by atoms with Crippen molar-refractivity contribution in [2.45, 2.75) is 45.3 Å². The summed E-state index contributed by atoms with van der Waals surface area (Å²) >= 11 is 0. The average molecular weight is 554 g/mol. The molecule has 11 nitrogen and oxygen atoms in total. The van der Waals surface area contributed by atoms with Crippen LogP contribution in [0.5, 0.6) is 11.5 Å². The first-order valence-corrected chi connectivity index (χ1v) is 13.0. The zero-order valence-electron chi connectivity index (χ0n) is 23.0. The van der Waals surface area contributed by atoms with Gasteiger partial charge in [-0.1, -0.05) is 13.0 Å². The minimum absolute atomic E-state index is 0.0301. The number of amides is 2. The van der Waals surface area contributed by atoms with Crippen molar-refractivity contribution in [1.29, 1.82) is 0 Å². The number of nitrogens with one attached hydrogen (secondary N) is 1. The third-order valence-electron chi connectivity index (χ3n) is 7.24. The summed E-state index contributed by atoms with van der Waals surface area (Å²) in [4.78, 5) is 37.6. The predicted molar refractivity (Wildman–Crippen MR) is 146 cm³/mol. The van der Waals surface area contributed by atoms with Gasteiger partial charge < -0.3 is 29.5 Å². The van der Waals surface area contributed by atoms with E-state index in [-0.39, 0.29) is 24.0 Å². The molecule has 3 heterocycles. The summed E-state index contributed by atoms with van der Waals surface area (Å²) < 4.78 is 31.6. The maximum absolute atomic E-state index is 14.5. The van der Waals surface area contributed by atoms with Crippen LogP contribution in [0.4, 0.5) is 31.2 Å². The van der Waals surface area contributed by atoms with Crippen LogP contribution in [0, 0.1) is 11.7 Å². The van der Waals surface area contributed by atoms with E-state index in [0.29, 0.717) is 41.9 Å². The van der Waals surface area contributed by atoms with Crippen molar-refractivity contribution >= 4 is 40.3 Å². The van der Waals surface area contributed by atoms with Gasteiger partial charge in [0.2, 0.25) is 0 Å². The molecule has 40 heavy (non-hydrogen) atoms. The van der Waals surface area contributed by atoms with Gasteiger partial charge in [-0.3, -0.25) is 4.90 Å². The van der Waals surface area contributed by atoms with Gasteiger partial charge in [0, 0.05) is 36.9 Å². The highest BCUT2D eigenvalue weighted by atomic mass is 19.1. The Morgan fingerprint density at radius 1 is 1.27 bits per heavy atom. The minimum atomic E-state index is -0.820. The molecule has 2 aromatic carbocycles. The number of methoxy groups -OCH3 is 1. The van der Waals surface area contributed by atoms with Gasteiger partial charge in [-0.2, -0.15) is 0 Å². The summed E-state index contributed by atoms with van der Waals surface area (Å²) in [5, 5.41) is 13.2. The maximum atomic E-state index is 14.5. The highest BCUT2D eigenvalue weighted by Crippen LogP contribution is 2.43.